The summed E-state index contributed by atoms with van der Waals surface area (Å²) in [7, 11) is 0. The van der Waals surface area contributed by atoms with Gasteiger partial charge in [0.1, 0.15) is 5.52 Å². The van der Waals surface area contributed by atoms with E-state index < -0.39 is 0 Å². The van der Waals surface area contributed by atoms with E-state index in [0.29, 0.717) is 17.6 Å². The number of imidazole rings is 1. The molecule has 1 atom stereocenters. The molecule has 2 heterocycles. The Morgan fingerprint density at radius 2 is 2.04 bits per heavy atom. The van der Waals surface area contributed by atoms with Gasteiger partial charge in [0.15, 0.2) is 11.5 Å². The van der Waals surface area contributed by atoms with Crippen molar-refractivity contribution in [3.05, 3.63) is 23.8 Å². The Morgan fingerprint density at radius 1 is 1.28 bits per heavy atom. The van der Waals surface area contributed by atoms with Crippen molar-refractivity contribution in [1.29, 1.82) is 0 Å². The minimum Gasteiger partial charge on any atom is -0.365 e. The molecular formula is C19H26ClN5. The van der Waals surface area contributed by atoms with Crippen LogP contribution >= 0.6 is 11.6 Å². The summed E-state index contributed by atoms with van der Waals surface area (Å²) in [5, 5.41) is 3.85. The fraction of sp³-hybridized carbons (Fsp3) is 0.632. The lowest BCUT2D eigenvalue weighted by molar-refractivity contribution is 0.285. The molecule has 2 fully saturated rings. The van der Waals surface area contributed by atoms with E-state index in [2.05, 4.69) is 38.3 Å². The third kappa shape index (κ3) is 3.52. The van der Waals surface area contributed by atoms with Gasteiger partial charge in [-0.15, -0.1) is 0 Å². The van der Waals surface area contributed by atoms with Gasteiger partial charge >= 0.3 is 0 Å². The van der Waals surface area contributed by atoms with Gasteiger partial charge in [0.05, 0.1) is 6.33 Å². The van der Waals surface area contributed by atoms with Crippen LogP contribution in [0.3, 0.4) is 0 Å². The van der Waals surface area contributed by atoms with Crippen molar-refractivity contribution in [2.45, 2.75) is 64.5 Å². The van der Waals surface area contributed by atoms with Gasteiger partial charge in [0, 0.05) is 12.6 Å². The number of halogens is 1. The SMILES string of the molecule is C=C1CCC(Cn2cnc3nc(Cl)nc(NC(C)C4CCC4)c32)CC1. The summed E-state index contributed by atoms with van der Waals surface area (Å²) in [4.78, 5) is 13.3. The molecule has 0 bridgehead atoms. The first kappa shape index (κ1) is 16.8. The van der Waals surface area contributed by atoms with Crippen molar-refractivity contribution in [3.63, 3.8) is 0 Å². The average Bonchev–Trinajstić information content (AvgIpc) is 2.90. The predicted octanol–water partition coefficient (Wildman–Crippen LogP) is 4.83. The van der Waals surface area contributed by atoms with Crippen LogP contribution in [0.2, 0.25) is 5.28 Å². The molecule has 0 aliphatic heterocycles. The number of aromatic nitrogens is 4. The molecule has 4 rings (SSSR count). The van der Waals surface area contributed by atoms with Gasteiger partial charge < -0.3 is 9.88 Å². The number of rotatable bonds is 5. The second-order valence-electron chi connectivity index (χ2n) is 7.73. The number of hydrogen-bond acceptors (Lipinski definition) is 4. The van der Waals surface area contributed by atoms with Crippen molar-refractivity contribution in [2.75, 3.05) is 5.32 Å². The predicted molar refractivity (Wildman–Crippen MR) is 102 cm³/mol. The second-order valence-corrected chi connectivity index (χ2v) is 8.07. The zero-order valence-electron chi connectivity index (χ0n) is 14.8. The molecule has 0 amide bonds. The van der Waals surface area contributed by atoms with Gasteiger partial charge in [0.2, 0.25) is 5.28 Å². The number of nitrogens with zero attached hydrogens (tertiary/aromatic N) is 4. The first-order chi connectivity index (χ1) is 12.1. The van der Waals surface area contributed by atoms with E-state index in [4.69, 9.17) is 11.6 Å². The van der Waals surface area contributed by atoms with Crippen LogP contribution in [0, 0.1) is 11.8 Å². The number of hydrogen-bond donors (Lipinski definition) is 1. The molecule has 25 heavy (non-hydrogen) atoms. The van der Waals surface area contributed by atoms with Gasteiger partial charge in [-0.3, -0.25) is 0 Å². The third-order valence-electron chi connectivity index (χ3n) is 5.93. The van der Waals surface area contributed by atoms with Crippen LogP contribution in [0.1, 0.15) is 51.9 Å². The van der Waals surface area contributed by atoms with Crippen LogP contribution in [0.4, 0.5) is 5.82 Å². The summed E-state index contributed by atoms with van der Waals surface area (Å²) in [6, 6.07) is 0.393. The van der Waals surface area contributed by atoms with Crippen LogP contribution in [0.5, 0.6) is 0 Å². The monoisotopic (exact) mass is 359 g/mol. The maximum absolute atomic E-state index is 6.13. The Morgan fingerprint density at radius 3 is 2.72 bits per heavy atom. The van der Waals surface area contributed by atoms with Crippen LogP contribution in [-0.2, 0) is 6.54 Å². The standard InChI is InChI=1S/C19H26ClN5/c1-12-6-8-14(9-7-12)10-25-11-21-17-16(25)18(24-19(20)23-17)22-13(2)15-4-3-5-15/h11,13-15H,1,3-10H2,2H3,(H,22,23,24). The van der Waals surface area contributed by atoms with E-state index >= 15 is 0 Å². The highest BCUT2D eigenvalue weighted by molar-refractivity contribution is 6.28. The molecule has 5 nitrogen and oxygen atoms in total. The third-order valence-corrected chi connectivity index (χ3v) is 6.10. The maximum Gasteiger partial charge on any atom is 0.226 e. The zero-order valence-corrected chi connectivity index (χ0v) is 15.6. The van der Waals surface area contributed by atoms with Crippen molar-refractivity contribution in [2.24, 2.45) is 11.8 Å². The van der Waals surface area contributed by atoms with Crippen molar-refractivity contribution < 1.29 is 0 Å². The molecule has 2 aromatic heterocycles. The smallest absolute Gasteiger partial charge is 0.226 e. The van der Waals surface area contributed by atoms with Gasteiger partial charge in [0.25, 0.3) is 0 Å². The lowest BCUT2D eigenvalue weighted by atomic mass is 9.80. The fourth-order valence-electron chi connectivity index (χ4n) is 4.01. The highest BCUT2D eigenvalue weighted by Crippen LogP contribution is 2.33. The van der Waals surface area contributed by atoms with E-state index in [0.717, 1.165) is 36.6 Å². The zero-order chi connectivity index (χ0) is 17.4. The van der Waals surface area contributed by atoms with E-state index in [1.807, 2.05) is 6.33 Å². The molecule has 0 spiro atoms. The summed E-state index contributed by atoms with van der Waals surface area (Å²) in [5.74, 6) is 2.21. The number of nitrogens with one attached hydrogen (secondary N) is 1. The number of fused-ring (bicyclic) bond motifs is 1. The van der Waals surface area contributed by atoms with Crippen LogP contribution < -0.4 is 5.32 Å². The van der Waals surface area contributed by atoms with E-state index in [1.165, 1.54) is 37.7 Å². The minimum absolute atomic E-state index is 0.259. The fourth-order valence-corrected chi connectivity index (χ4v) is 4.18. The summed E-state index contributed by atoms with van der Waals surface area (Å²) < 4.78 is 2.21. The van der Waals surface area contributed by atoms with Crippen molar-refractivity contribution in [3.8, 4) is 0 Å². The van der Waals surface area contributed by atoms with Crippen molar-refractivity contribution >= 4 is 28.6 Å². The Labute approximate surface area is 153 Å². The first-order valence-corrected chi connectivity index (χ1v) is 9.79. The largest absolute Gasteiger partial charge is 0.365 e. The topological polar surface area (TPSA) is 55.6 Å². The molecule has 6 heteroatoms. The first-order valence-electron chi connectivity index (χ1n) is 9.41. The molecule has 0 radical (unpaired) electrons. The Bertz CT molecular complexity index is 769. The molecule has 0 aromatic carbocycles. The molecule has 134 valence electrons. The van der Waals surface area contributed by atoms with E-state index in [1.54, 1.807) is 0 Å². The van der Waals surface area contributed by atoms with Crippen LogP contribution in [-0.4, -0.2) is 25.6 Å². The molecule has 1 unspecified atom stereocenters. The lowest BCUT2D eigenvalue weighted by Gasteiger charge is -2.32. The van der Waals surface area contributed by atoms with Gasteiger partial charge in [-0.2, -0.15) is 9.97 Å². The maximum atomic E-state index is 6.13. The van der Waals surface area contributed by atoms with Gasteiger partial charge in [-0.05, 0) is 68.9 Å². The van der Waals surface area contributed by atoms with E-state index in [-0.39, 0.29) is 5.28 Å². The molecule has 1 N–H and O–H groups in total. The van der Waals surface area contributed by atoms with Crippen LogP contribution in [0.15, 0.2) is 18.5 Å². The minimum atomic E-state index is 0.259. The molecule has 0 saturated heterocycles. The average molecular weight is 360 g/mol. The van der Waals surface area contributed by atoms with Gasteiger partial charge in [-0.25, -0.2) is 4.98 Å². The summed E-state index contributed by atoms with van der Waals surface area (Å²) in [5.41, 5.74) is 3.06. The second kappa shape index (κ2) is 6.94. The van der Waals surface area contributed by atoms with Crippen molar-refractivity contribution in [1.82, 2.24) is 19.5 Å². The van der Waals surface area contributed by atoms with Gasteiger partial charge in [-0.1, -0.05) is 18.6 Å². The Kier molecular flexibility index (Phi) is 4.67. The molecular weight excluding hydrogens is 334 g/mol. The molecule has 2 aliphatic carbocycles. The molecule has 2 aromatic rings. The summed E-state index contributed by atoms with van der Waals surface area (Å²) in [6.45, 7) is 7.31. The Balaban J connectivity index is 1.60. The summed E-state index contributed by atoms with van der Waals surface area (Å²) >= 11 is 6.13. The van der Waals surface area contributed by atoms with E-state index in [9.17, 15) is 0 Å². The number of anilines is 1. The highest BCUT2D eigenvalue weighted by atomic mass is 35.5. The number of allylic oxidation sites excluding steroid dienone is 1. The quantitative estimate of drug-likeness (QED) is 0.613. The highest BCUT2D eigenvalue weighted by Gasteiger charge is 2.26. The molecule has 2 aliphatic rings. The van der Waals surface area contributed by atoms with Crippen LogP contribution in [0.25, 0.3) is 11.2 Å². The molecule has 2 saturated carbocycles. The lowest BCUT2D eigenvalue weighted by Crippen LogP contribution is -2.31. The Hall–Kier alpha value is -1.62. The summed E-state index contributed by atoms with van der Waals surface area (Å²) in [6.07, 6.45) is 10.5. The normalized spacial score (nSPS) is 20.6.